The number of hydrogen-bond acceptors (Lipinski definition) is 4. The van der Waals surface area contributed by atoms with Crippen LogP contribution in [-0.4, -0.2) is 28.4 Å². The fourth-order valence-corrected chi connectivity index (χ4v) is 2.47. The van der Waals surface area contributed by atoms with Crippen LogP contribution in [0, 0.1) is 0 Å². The van der Waals surface area contributed by atoms with Gasteiger partial charge in [-0.05, 0) is 18.6 Å². The van der Waals surface area contributed by atoms with Gasteiger partial charge in [0.25, 0.3) is 0 Å². The first-order valence-electron chi connectivity index (χ1n) is 6.31. The van der Waals surface area contributed by atoms with E-state index >= 15 is 0 Å². The molecule has 0 spiro atoms. The molecule has 2 N–H and O–H groups in total. The quantitative estimate of drug-likeness (QED) is 0.875. The number of imidazole rings is 1. The van der Waals surface area contributed by atoms with Crippen molar-refractivity contribution in [3.63, 3.8) is 0 Å². The Kier molecular flexibility index (Phi) is 3.50. The van der Waals surface area contributed by atoms with Crippen LogP contribution in [0.3, 0.4) is 0 Å². The minimum atomic E-state index is -0.838. The second kappa shape index (κ2) is 5.30. The van der Waals surface area contributed by atoms with Crippen molar-refractivity contribution in [2.45, 2.75) is 24.9 Å². The highest BCUT2D eigenvalue weighted by molar-refractivity contribution is 6.16. The van der Waals surface area contributed by atoms with Crippen LogP contribution < -0.4 is 10.5 Å². The van der Waals surface area contributed by atoms with Gasteiger partial charge in [0.2, 0.25) is 0 Å². The molecular formula is C13H14ClN3O3. The molecular weight excluding hydrogens is 282 g/mol. The number of hydrogen-bond donors (Lipinski definition) is 1. The number of amides is 1. The van der Waals surface area contributed by atoms with Gasteiger partial charge in [-0.1, -0.05) is 0 Å². The number of alkyl halides is 1. The highest BCUT2D eigenvalue weighted by Gasteiger charge is 2.21. The van der Waals surface area contributed by atoms with E-state index in [0.29, 0.717) is 18.2 Å². The third-order valence-electron chi connectivity index (χ3n) is 3.32. The molecule has 1 saturated heterocycles. The molecule has 6 nitrogen and oxygen atoms in total. The average molecular weight is 296 g/mol. The van der Waals surface area contributed by atoms with Crippen LogP contribution in [0.15, 0.2) is 18.2 Å². The fourth-order valence-electron chi connectivity index (χ4n) is 2.27. The van der Waals surface area contributed by atoms with E-state index < -0.39 is 6.09 Å². The number of benzene rings is 1. The van der Waals surface area contributed by atoms with Crippen LogP contribution in [-0.2, 0) is 17.2 Å². The van der Waals surface area contributed by atoms with Gasteiger partial charge in [0, 0.05) is 12.7 Å². The molecule has 1 atom stereocenters. The van der Waals surface area contributed by atoms with Crippen LogP contribution in [0.25, 0.3) is 11.0 Å². The maximum Gasteiger partial charge on any atom is 0.409 e. The van der Waals surface area contributed by atoms with E-state index in [1.54, 1.807) is 18.2 Å². The van der Waals surface area contributed by atoms with Crippen molar-refractivity contribution < 1.29 is 14.3 Å². The minimum Gasteiger partial charge on any atom is -0.410 e. The highest BCUT2D eigenvalue weighted by atomic mass is 35.5. The van der Waals surface area contributed by atoms with Crippen molar-refractivity contribution in [1.29, 1.82) is 0 Å². The topological polar surface area (TPSA) is 79.4 Å². The number of ether oxygens (including phenoxy) is 2. The van der Waals surface area contributed by atoms with Crippen LogP contribution in [0.5, 0.6) is 5.75 Å². The van der Waals surface area contributed by atoms with Crippen LogP contribution in [0.4, 0.5) is 4.79 Å². The first kappa shape index (κ1) is 13.2. The van der Waals surface area contributed by atoms with Gasteiger partial charge < -0.3 is 19.8 Å². The van der Waals surface area contributed by atoms with Crippen LogP contribution in [0.2, 0.25) is 0 Å². The van der Waals surface area contributed by atoms with E-state index in [1.807, 2.05) is 4.57 Å². The van der Waals surface area contributed by atoms with Gasteiger partial charge in [0.15, 0.2) is 0 Å². The number of aromatic nitrogens is 2. The van der Waals surface area contributed by atoms with Gasteiger partial charge in [0.1, 0.15) is 11.6 Å². The van der Waals surface area contributed by atoms with E-state index in [9.17, 15) is 4.79 Å². The third-order valence-corrected chi connectivity index (χ3v) is 3.56. The SMILES string of the molecule is NC(=O)Oc1ccc2nc(CCl)n(C[C@@H]3CCO3)c2c1. The lowest BCUT2D eigenvalue weighted by atomic mass is 10.2. The highest BCUT2D eigenvalue weighted by Crippen LogP contribution is 2.25. The molecule has 0 aliphatic carbocycles. The Bertz CT molecular complexity index is 652. The fraction of sp³-hybridized carbons (Fsp3) is 0.385. The molecule has 1 aromatic carbocycles. The Morgan fingerprint density at radius 3 is 3.00 bits per heavy atom. The molecule has 0 radical (unpaired) electrons. The third kappa shape index (κ3) is 2.44. The smallest absolute Gasteiger partial charge is 0.409 e. The summed E-state index contributed by atoms with van der Waals surface area (Å²) in [5, 5.41) is 0. The second-order valence-electron chi connectivity index (χ2n) is 4.63. The number of carbonyl (C=O) groups excluding carboxylic acids is 1. The first-order valence-corrected chi connectivity index (χ1v) is 6.85. The number of carbonyl (C=O) groups is 1. The summed E-state index contributed by atoms with van der Waals surface area (Å²) < 4.78 is 12.3. The second-order valence-corrected chi connectivity index (χ2v) is 4.89. The Morgan fingerprint density at radius 1 is 1.60 bits per heavy atom. The van der Waals surface area contributed by atoms with Crippen molar-refractivity contribution >= 4 is 28.7 Å². The molecule has 0 unspecified atom stereocenters. The van der Waals surface area contributed by atoms with Crippen molar-refractivity contribution in [3.05, 3.63) is 24.0 Å². The molecule has 0 bridgehead atoms. The molecule has 1 aliphatic heterocycles. The number of primary amides is 1. The number of nitrogens with zero attached hydrogens (tertiary/aromatic N) is 2. The van der Waals surface area contributed by atoms with Crippen LogP contribution >= 0.6 is 11.6 Å². The minimum absolute atomic E-state index is 0.190. The largest absolute Gasteiger partial charge is 0.410 e. The van der Waals surface area contributed by atoms with Gasteiger partial charge in [0.05, 0.1) is 29.6 Å². The zero-order chi connectivity index (χ0) is 14.1. The number of rotatable bonds is 4. The molecule has 20 heavy (non-hydrogen) atoms. The van der Waals surface area contributed by atoms with Crippen LogP contribution in [0.1, 0.15) is 12.2 Å². The van der Waals surface area contributed by atoms with E-state index in [-0.39, 0.29) is 6.10 Å². The molecule has 1 amide bonds. The number of fused-ring (bicyclic) bond motifs is 1. The molecule has 106 valence electrons. The molecule has 1 aliphatic rings. The molecule has 1 aromatic heterocycles. The first-order chi connectivity index (χ1) is 9.67. The van der Waals surface area contributed by atoms with Crippen molar-refractivity contribution in [1.82, 2.24) is 9.55 Å². The summed E-state index contributed by atoms with van der Waals surface area (Å²) in [6, 6.07) is 5.17. The van der Waals surface area contributed by atoms with Gasteiger partial charge >= 0.3 is 6.09 Å². The summed E-state index contributed by atoms with van der Waals surface area (Å²) in [4.78, 5) is 15.3. The van der Waals surface area contributed by atoms with Crippen molar-refractivity contribution in [2.24, 2.45) is 5.73 Å². The standard InChI is InChI=1S/C13H14ClN3O3/c14-6-12-16-10-2-1-8(20-13(15)18)5-11(10)17(12)7-9-3-4-19-9/h1-2,5,9H,3-4,6-7H2,(H2,15,18)/t9-/m0/s1. The molecule has 2 heterocycles. The maximum atomic E-state index is 10.8. The summed E-state index contributed by atoms with van der Waals surface area (Å²) >= 11 is 5.94. The predicted octanol–water partition coefficient (Wildman–Crippen LogP) is 2.02. The summed E-state index contributed by atoms with van der Waals surface area (Å²) in [6.45, 7) is 1.49. The summed E-state index contributed by atoms with van der Waals surface area (Å²) in [5.41, 5.74) is 6.68. The molecule has 0 saturated carbocycles. The van der Waals surface area contributed by atoms with E-state index in [1.165, 1.54) is 0 Å². The van der Waals surface area contributed by atoms with Crippen molar-refractivity contribution in [3.8, 4) is 5.75 Å². The summed E-state index contributed by atoms with van der Waals surface area (Å²) in [5.74, 6) is 1.48. The predicted molar refractivity (Wildman–Crippen MR) is 73.9 cm³/mol. The normalized spacial score (nSPS) is 17.9. The number of nitrogens with two attached hydrogens (primary N) is 1. The maximum absolute atomic E-state index is 10.8. The molecule has 1 fully saturated rings. The number of halogens is 1. The lowest BCUT2D eigenvalue weighted by molar-refractivity contribution is -0.0589. The lowest BCUT2D eigenvalue weighted by Crippen LogP contribution is -2.31. The molecule has 2 aromatic rings. The zero-order valence-electron chi connectivity index (χ0n) is 10.7. The Balaban J connectivity index is 2.00. The zero-order valence-corrected chi connectivity index (χ0v) is 11.5. The van der Waals surface area contributed by atoms with Gasteiger partial charge in [-0.2, -0.15) is 0 Å². The molecule has 3 rings (SSSR count). The van der Waals surface area contributed by atoms with Crippen molar-refractivity contribution in [2.75, 3.05) is 6.61 Å². The van der Waals surface area contributed by atoms with E-state index in [2.05, 4.69) is 4.98 Å². The van der Waals surface area contributed by atoms with Gasteiger partial charge in [-0.15, -0.1) is 11.6 Å². The Hall–Kier alpha value is -1.79. The summed E-state index contributed by atoms with van der Waals surface area (Å²) in [6.07, 6.45) is 0.379. The lowest BCUT2D eigenvalue weighted by Gasteiger charge is -2.27. The van der Waals surface area contributed by atoms with E-state index in [4.69, 9.17) is 26.8 Å². The molecule has 7 heteroatoms. The Morgan fingerprint density at radius 2 is 2.40 bits per heavy atom. The Labute approximate surface area is 120 Å². The average Bonchev–Trinajstić information content (AvgIpc) is 2.70. The summed E-state index contributed by atoms with van der Waals surface area (Å²) in [7, 11) is 0. The van der Waals surface area contributed by atoms with E-state index in [0.717, 1.165) is 29.9 Å². The monoisotopic (exact) mass is 295 g/mol. The van der Waals surface area contributed by atoms with Gasteiger partial charge in [-0.3, -0.25) is 0 Å². The van der Waals surface area contributed by atoms with Gasteiger partial charge in [-0.25, -0.2) is 9.78 Å².